The number of hydrogen-bond acceptors (Lipinski definition) is 3. The molecule has 0 aromatic heterocycles. The molecule has 0 bridgehead atoms. The summed E-state index contributed by atoms with van der Waals surface area (Å²) in [5.41, 5.74) is 3.45. The van der Waals surface area contributed by atoms with Crippen LogP contribution in [0.2, 0.25) is 0 Å². The maximum atomic E-state index is 9.25. The van der Waals surface area contributed by atoms with Crippen molar-refractivity contribution in [3.8, 4) is 11.5 Å². The second-order valence-corrected chi connectivity index (χ2v) is 5.90. The third kappa shape index (κ3) is 7.38. The second kappa shape index (κ2) is 11.6. The molecule has 140 valence electrons. The standard InChI is InChI=1S/C14H14O.C10H12O2/c1-3-7-13(8-4-1)11-15-12-14-9-5-2-6-10-14;1-3-4-8-5-6-9(11)10(7-8)12-2/h1-10H,11-12H2;3-7,11H,1-2H3. The summed E-state index contributed by atoms with van der Waals surface area (Å²) in [5, 5.41) is 9.25. The first-order chi connectivity index (χ1) is 13.2. The molecule has 1 N–H and O–H groups in total. The van der Waals surface area contributed by atoms with Crippen LogP contribution in [0, 0.1) is 0 Å². The summed E-state index contributed by atoms with van der Waals surface area (Å²) >= 11 is 0. The Morgan fingerprint density at radius 2 is 1.37 bits per heavy atom. The van der Waals surface area contributed by atoms with Crippen LogP contribution in [0.5, 0.6) is 11.5 Å². The van der Waals surface area contributed by atoms with Gasteiger partial charge in [0, 0.05) is 0 Å². The quantitative estimate of drug-likeness (QED) is 0.599. The SMILES string of the molecule is CC=Cc1ccc(O)c(OC)c1.c1ccc(COCc2ccccc2)cc1. The minimum atomic E-state index is 0.172. The predicted molar refractivity (Wildman–Crippen MR) is 111 cm³/mol. The molecule has 3 heteroatoms. The van der Waals surface area contributed by atoms with Crippen LogP contribution in [-0.2, 0) is 18.0 Å². The molecule has 0 saturated carbocycles. The largest absolute Gasteiger partial charge is 0.504 e. The third-order valence-electron chi connectivity index (χ3n) is 3.79. The van der Waals surface area contributed by atoms with Crippen molar-refractivity contribution in [1.82, 2.24) is 0 Å². The van der Waals surface area contributed by atoms with Gasteiger partial charge in [0.1, 0.15) is 0 Å². The normalized spacial score (nSPS) is 10.3. The molecule has 0 heterocycles. The van der Waals surface area contributed by atoms with E-state index in [9.17, 15) is 5.11 Å². The minimum absolute atomic E-state index is 0.172. The van der Waals surface area contributed by atoms with Crippen molar-refractivity contribution in [2.75, 3.05) is 7.11 Å². The Morgan fingerprint density at radius 1 is 0.815 bits per heavy atom. The molecule has 0 saturated heterocycles. The van der Waals surface area contributed by atoms with E-state index in [1.54, 1.807) is 12.1 Å². The summed E-state index contributed by atoms with van der Waals surface area (Å²) in [7, 11) is 1.54. The van der Waals surface area contributed by atoms with Gasteiger partial charge in [0.05, 0.1) is 20.3 Å². The minimum Gasteiger partial charge on any atom is -0.504 e. The Kier molecular flexibility index (Phi) is 8.67. The van der Waals surface area contributed by atoms with Crippen molar-refractivity contribution in [1.29, 1.82) is 0 Å². The first kappa shape index (κ1) is 20.3. The molecule has 0 spiro atoms. The molecule has 0 radical (unpaired) electrons. The fraction of sp³-hybridized carbons (Fsp3) is 0.167. The van der Waals surface area contributed by atoms with Gasteiger partial charge in [-0.25, -0.2) is 0 Å². The van der Waals surface area contributed by atoms with Gasteiger partial charge in [-0.3, -0.25) is 0 Å². The number of phenols is 1. The van der Waals surface area contributed by atoms with E-state index in [-0.39, 0.29) is 5.75 Å². The topological polar surface area (TPSA) is 38.7 Å². The highest BCUT2D eigenvalue weighted by Crippen LogP contribution is 2.26. The highest BCUT2D eigenvalue weighted by Gasteiger charge is 1.99. The van der Waals surface area contributed by atoms with Gasteiger partial charge in [-0.15, -0.1) is 0 Å². The maximum Gasteiger partial charge on any atom is 0.161 e. The third-order valence-corrected chi connectivity index (χ3v) is 3.79. The van der Waals surface area contributed by atoms with Gasteiger partial charge in [0.2, 0.25) is 0 Å². The van der Waals surface area contributed by atoms with E-state index in [0.717, 1.165) is 5.56 Å². The molecule has 0 atom stereocenters. The van der Waals surface area contributed by atoms with Crippen molar-refractivity contribution in [3.05, 3.63) is 102 Å². The van der Waals surface area contributed by atoms with Crippen LogP contribution >= 0.6 is 0 Å². The predicted octanol–water partition coefficient (Wildman–Crippen LogP) is 5.84. The molecular weight excluding hydrogens is 336 g/mol. The molecule has 3 aromatic carbocycles. The molecule has 0 aliphatic heterocycles. The number of phenolic OH excluding ortho intramolecular Hbond substituents is 1. The zero-order chi connectivity index (χ0) is 19.3. The van der Waals surface area contributed by atoms with Crippen molar-refractivity contribution in [3.63, 3.8) is 0 Å². The van der Waals surface area contributed by atoms with E-state index in [1.165, 1.54) is 18.2 Å². The number of ether oxygens (including phenoxy) is 2. The highest BCUT2D eigenvalue weighted by atomic mass is 16.5. The van der Waals surface area contributed by atoms with E-state index in [4.69, 9.17) is 9.47 Å². The molecule has 3 rings (SSSR count). The second-order valence-electron chi connectivity index (χ2n) is 5.90. The lowest BCUT2D eigenvalue weighted by Gasteiger charge is -2.03. The van der Waals surface area contributed by atoms with Crippen LogP contribution in [-0.4, -0.2) is 12.2 Å². The summed E-state index contributed by atoms with van der Waals surface area (Å²) in [5.74, 6) is 0.677. The van der Waals surface area contributed by atoms with E-state index in [0.29, 0.717) is 19.0 Å². The summed E-state index contributed by atoms with van der Waals surface area (Å²) in [6.07, 6.45) is 3.88. The molecule has 27 heavy (non-hydrogen) atoms. The average molecular weight is 362 g/mol. The van der Waals surface area contributed by atoms with Gasteiger partial charge in [-0.1, -0.05) is 78.9 Å². The zero-order valence-corrected chi connectivity index (χ0v) is 15.8. The van der Waals surface area contributed by atoms with E-state index >= 15 is 0 Å². The number of benzene rings is 3. The van der Waals surface area contributed by atoms with Crippen LogP contribution < -0.4 is 4.74 Å². The van der Waals surface area contributed by atoms with Crippen LogP contribution in [0.1, 0.15) is 23.6 Å². The molecule has 0 aliphatic rings. The average Bonchev–Trinajstić information content (AvgIpc) is 2.72. The lowest BCUT2D eigenvalue weighted by Crippen LogP contribution is -1.93. The fourth-order valence-corrected chi connectivity index (χ4v) is 2.43. The van der Waals surface area contributed by atoms with E-state index in [1.807, 2.05) is 61.5 Å². The number of aromatic hydroxyl groups is 1. The number of allylic oxidation sites excluding steroid dienone is 1. The van der Waals surface area contributed by atoms with Crippen molar-refractivity contribution in [2.45, 2.75) is 20.1 Å². The lowest BCUT2D eigenvalue weighted by molar-refractivity contribution is 0.107. The summed E-state index contributed by atoms with van der Waals surface area (Å²) in [6.45, 7) is 3.30. The molecule has 0 unspecified atom stereocenters. The van der Waals surface area contributed by atoms with Crippen LogP contribution in [0.4, 0.5) is 0 Å². The highest BCUT2D eigenvalue weighted by molar-refractivity contribution is 5.55. The van der Waals surface area contributed by atoms with Gasteiger partial charge < -0.3 is 14.6 Å². The van der Waals surface area contributed by atoms with E-state index < -0.39 is 0 Å². The van der Waals surface area contributed by atoms with Gasteiger partial charge >= 0.3 is 0 Å². The Morgan fingerprint density at radius 3 is 1.85 bits per heavy atom. The molecule has 0 fully saturated rings. The Balaban J connectivity index is 0.000000199. The van der Waals surface area contributed by atoms with Crippen molar-refractivity contribution >= 4 is 6.08 Å². The van der Waals surface area contributed by atoms with Gasteiger partial charge in [-0.2, -0.15) is 0 Å². The van der Waals surface area contributed by atoms with Crippen molar-refractivity contribution < 1.29 is 14.6 Å². The Hall–Kier alpha value is -3.04. The molecule has 0 amide bonds. The van der Waals surface area contributed by atoms with Gasteiger partial charge in [0.25, 0.3) is 0 Å². The first-order valence-corrected chi connectivity index (χ1v) is 8.88. The molecule has 3 aromatic rings. The summed E-state index contributed by atoms with van der Waals surface area (Å²) < 4.78 is 10.6. The zero-order valence-electron chi connectivity index (χ0n) is 15.8. The number of hydrogen-bond donors (Lipinski definition) is 1. The molecular formula is C24H26O3. The monoisotopic (exact) mass is 362 g/mol. The first-order valence-electron chi connectivity index (χ1n) is 8.88. The number of methoxy groups -OCH3 is 1. The van der Waals surface area contributed by atoms with E-state index in [2.05, 4.69) is 24.3 Å². The van der Waals surface area contributed by atoms with Crippen LogP contribution in [0.15, 0.2) is 84.9 Å². The Labute approximate surface area is 161 Å². The van der Waals surface area contributed by atoms with Gasteiger partial charge in [-0.05, 0) is 35.7 Å². The summed E-state index contributed by atoms with van der Waals surface area (Å²) in [6, 6.07) is 25.7. The molecule has 0 aliphatic carbocycles. The van der Waals surface area contributed by atoms with Crippen LogP contribution in [0.3, 0.4) is 0 Å². The lowest BCUT2D eigenvalue weighted by atomic mass is 10.2. The fourth-order valence-electron chi connectivity index (χ4n) is 2.43. The smallest absolute Gasteiger partial charge is 0.161 e. The molecule has 3 nitrogen and oxygen atoms in total. The van der Waals surface area contributed by atoms with Crippen LogP contribution in [0.25, 0.3) is 6.08 Å². The van der Waals surface area contributed by atoms with Gasteiger partial charge in [0.15, 0.2) is 11.5 Å². The maximum absolute atomic E-state index is 9.25. The Bertz CT molecular complexity index is 772. The number of rotatable bonds is 6. The summed E-state index contributed by atoms with van der Waals surface area (Å²) in [4.78, 5) is 0. The van der Waals surface area contributed by atoms with Crippen molar-refractivity contribution in [2.24, 2.45) is 0 Å².